The molecule has 34 heavy (non-hydrogen) atoms. The molecule has 3 aromatic heterocycles. The molecule has 10 heteroatoms. The maximum Gasteiger partial charge on any atom is 0.255 e. The summed E-state index contributed by atoms with van der Waals surface area (Å²) in [4.78, 5) is 17.4. The number of rotatable bonds is 7. The fourth-order valence-corrected chi connectivity index (χ4v) is 4.31. The molecule has 0 unspecified atom stereocenters. The van der Waals surface area contributed by atoms with E-state index in [1.165, 1.54) is 26.2 Å². The van der Waals surface area contributed by atoms with Crippen LogP contribution in [0.3, 0.4) is 0 Å². The second-order valence-corrected chi connectivity index (χ2v) is 9.39. The van der Waals surface area contributed by atoms with E-state index in [-0.39, 0.29) is 18.2 Å². The Morgan fingerprint density at radius 3 is 2.82 bits per heavy atom. The average Bonchev–Trinajstić information content (AvgIpc) is 3.17. The van der Waals surface area contributed by atoms with Crippen LogP contribution in [0.5, 0.6) is 0 Å². The van der Waals surface area contributed by atoms with Crippen molar-refractivity contribution in [2.24, 2.45) is 11.8 Å². The quantitative estimate of drug-likeness (QED) is 0.489. The van der Waals surface area contributed by atoms with Crippen molar-refractivity contribution in [3.63, 3.8) is 0 Å². The lowest BCUT2D eigenvalue weighted by molar-refractivity contribution is -0.00177. The molecular formula is C24H25FN6O3. The minimum atomic E-state index is -1.61. The molecule has 5 rings (SSSR count). The first-order chi connectivity index (χ1) is 16.3. The van der Waals surface area contributed by atoms with Gasteiger partial charge < -0.3 is 20.5 Å². The second-order valence-electron chi connectivity index (χ2n) is 9.39. The number of amides is 1. The highest BCUT2D eigenvalue weighted by Crippen LogP contribution is 2.46. The molecule has 0 spiro atoms. The zero-order valence-corrected chi connectivity index (χ0v) is 18.8. The number of ether oxygens (including phenoxy) is 1. The molecule has 9 nitrogen and oxygen atoms in total. The fourth-order valence-electron chi connectivity index (χ4n) is 4.31. The van der Waals surface area contributed by atoms with Gasteiger partial charge in [-0.25, -0.2) is 8.91 Å². The Kier molecular flexibility index (Phi) is 5.46. The first-order valence-electron chi connectivity index (χ1n) is 11.1. The minimum Gasteiger partial charge on any atom is -0.387 e. The molecule has 2 aliphatic rings. The van der Waals surface area contributed by atoms with Crippen LogP contribution in [-0.4, -0.2) is 63.2 Å². The Hall–Kier alpha value is -3.55. The lowest BCUT2D eigenvalue weighted by atomic mass is 10.0. The number of aromatic nitrogens is 3. The van der Waals surface area contributed by atoms with E-state index in [0.717, 1.165) is 5.52 Å². The monoisotopic (exact) mass is 464 g/mol. The van der Waals surface area contributed by atoms with Crippen molar-refractivity contribution in [3.05, 3.63) is 47.8 Å². The molecular weight excluding hydrogens is 439 g/mol. The number of carbonyl (C=O) groups is 1. The summed E-state index contributed by atoms with van der Waals surface area (Å²) in [5, 5.41) is 29.3. The summed E-state index contributed by atoms with van der Waals surface area (Å²) in [5.74, 6) is 0.323. The highest BCUT2D eigenvalue weighted by molar-refractivity contribution is 6.00. The highest BCUT2D eigenvalue weighted by atomic mass is 19.1. The number of hydrogen-bond acceptors (Lipinski definition) is 7. The zero-order chi connectivity index (χ0) is 24.0. The molecule has 3 aromatic rings. The third-order valence-electron chi connectivity index (χ3n) is 6.52. The summed E-state index contributed by atoms with van der Waals surface area (Å²) >= 11 is 0. The van der Waals surface area contributed by atoms with Gasteiger partial charge in [-0.15, -0.1) is 0 Å². The topological polar surface area (TPSA) is 125 Å². The predicted octanol–water partition coefficient (Wildman–Crippen LogP) is 2.16. The number of fused-ring (bicyclic) bond motifs is 2. The summed E-state index contributed by atoms with van der Waals surface area (Å²) in [5.41, 5.74) is 1.83. The van der Waals surface area contributed by atoms with Crippen molar-refractivity contribution in [2.75, 3.05) is 25.1 Å². The smallest absolute Gasteiger partial charge is 0.255 e. The molecule has 0 aromatic carbocycles. The van der Waals surface area contributed by atoms with Gasteiger partial charge in [0.25, 0.3) is 5.91 Å². The molecule has 1 amide bonds. The van der Waals surface area contributed by atoms with Crippen LogP contribution in [0.15, 0.2) is 36.7 Å². The van der Waals surface area contributed by atoms with E-state index in [2.05, 4.69) is 26.8 Å². The molecule has 176 valence electrons. The Morgan fingerprint density at radius 2 is 2.12 bits per heavy atom. The van der Waals surface area contributed by atoms with Crippen molar-refractivity contribution in [3.8, 4) is 17.5 Å². The molecule has 0 radical (unpaired) electrons. The van der Waals surface area contributed by atoms with Gasteiger partial charge in [0, 0.05) is 24.1 Å². The van der Waals surface area contributed by atoms with Crippen LogP contribution in [0.25, 0.3) is 16.9 Å². The Balaban J connectivity index is 1.45. The Labute approximate surface area is 195 Å². The van der Waals surface area contributed by atoms with Gasteiger partial charge in [-0.1, -0.05) is 0 Å². The van der Waals surface area contributed by atoms with Crippen molar-refractivity contribution in [1.29, 1.82) is 5.26 Å². The highest BCUT2D eigenvalue weighted by Gasteiger charge is 2.54. The molecule has 1 aliphatic carbocycles. The molecule has 2 fully saturated rings. The third-order valence-corrected chi connectivity index (χ3v) is 6.52. The van der Waals surface area contributed by atoms with E-state index < -0.39 is 17.7 Å². The lowest BCUT2D eigenvalue weighted by Gasteiger charge is -2.22. The number of alkyl halides is 1. The van der Waals surface area contributed by atoms with Gasteiger partial charge in [-0.3, -0.25) is 9.78 Å². The largest absolute Gasteiger partial charge is 0.387 e. The van der Waals surface area contributed by atoms with Gasteiger partial charge in [-0.05, 0) is 38.1 Å². The van der Waals surface area contributed by atoms with Gasteiger partial charge >= 0.3 is 0 Å². The maximum atomic E-state index is 14.2. The number of anilines is 1. The summed E-state index contributed by atoms with van der Waals surface area (Å²) in [6.07, 6.45) is 1.33. The molecule has 4 atom stereocenters. The van der Waals surface area contributed by atoms with Crippen molar-refractivity contribution < 1.29 is 19.0 Å². The number of pyridine rings is 1. The second kappa shape index (κ2) is 8.34. The van der Waals surface area contributed by atoms with E-state index in [0.29, 0.717) is 47.7 Å². The fraction of sp³-hybridized carbons (Fsp3) is 0.417. The number of carbonyl (C=O) groups excluding carboxylic acids is 1. The van der Waals surface area contributed by atoms with Crippen LogP contribution in [0.4, 0.5) is 10.1 Å². The summed E-state index contributed by atoms with van der Waals surface area (Å²) in [6.45, 7) is 3.77. The Bertz CT molecular complexity index is 1280. The van der Waals surface area contributed by atoms with Gasteiger partial charge in [0.15, 0.2) is 0 Å². The number of nitrogens with one attached hydrogen (secondary N) is 2. The minimum absolute atomic E-state index is 0.196. The molecule has 4 heterocycles. The average molecular weight is 465 g/mol. The van der Waals surface area contributed by atoms with Crippen molar-refractivity contribution in [2.45, 2.75) is 31.7 Å². The number of aliphatic hydroxyl groups is 1. The lowest BCUT2D eigenvalue weighted by Crippen LogP contribution is -2.42. The zero-order valence-electron chi connectivity index (χ0n) is 18.8. The third kappa shape index (κ3) is 4.08. The molecule has 3 N–H and O–H groups in total. The predicted molar refractivity (Wildman–Crippen MR) is 122 cm³/mol. The van der Waals surface area contributed by atoms with Gasteiger partial charge in [0.1, 0.15) is 12.2 Å². The van der Waals surface area contributed by atoms with E-state index in [1.54, 1.807) is 16.6 Å². The van der Waals surface area contributed by atoms with E-state index in [1.807, 2.05) is 12.1 Å². The van der Waals surface area contributed by atoms with Crippen LogP contribution < -0.4 is 10.6 Å². The molecule has 0 bridgehead atoms. The van der Waals surface area contributed by atoms with Crippen LogP contribution in [0, 0.1) is 23.2 Å². The normalized spacial score (nSPS) is 22.1. The Morgan fingerprint density at radius 1 is 1.35 bits per heavy atom. The number of nitriles is 1. The van der Waals surface area contributed by atoms with Gasteiger partial charge in [0.2, 0.25) is 0 Å². The van der Waals surface area contributed by atoms with E-state index in [9.17, 15) is 14.3 Å². The number of nitrogens with zero attached hydrogens (tertiary/aromatic N) is 4. The molecule has 1 saturated heterocycles. The van der Waals surface area contributed by atoms with Crippen LogP contribution >= 0.6 is 0 Å². The maximum absolute atomic E-state index is 14.2. The van der Waals surface area contributed by atoms with Gasteiger partial charge in [0.05, 0.1) is 65.3 Å². The summed E-state index contributed by atoms with van der Waals surface area (Å²) in [6, 6.07) is 9.49. The van der Waals surface area contributed by atoms with Crippen molar-refractivity contribution >= 4 is 17.1 Å². The molecule has 1 saturated carbocycles. The summed E-state index contributed by atoms with van der Waals surface area (Å²) < 4.78 is 21.3. The van der Waals surface area contributed by atoms with Crippen LogP contribution in [0.2, 0.25) is 0 Å². The number of hydrogen-bond donors (Lipinski definition) is 3. The standard InChI is InChI=1S/C24H25FN6O3/c1-24(2,33)21(25)10-28-23(32)15-9-27-19(6-18(15)30-22-16-11-34-12-17(16)22)20-4-3-14-5-13(7-26)8-29-31(14)20/h3-6,8-9,16-17,21-22,33H,10-12H2,1-2H3,(H,27,30)(H,28,32)/t16-,17+,21-,22+/m1/s1. The van der Waals surface area contributed by atoms with Crippen LogP contribution in [0.1, 0.15) is 29.8 Å². The summed E-state index contributed by atoms with van der Waals surface area (Å²) in [7, 11) is 0. The molecule has 1 aliphatic heterocycles. The first-order valence-corrected chi connectivity index (χ1v) is 11.1. The number of halogens is 1. The van der Waals surface area contributed by atoms with E-state index >= 15 is 0 Å². The van der Waals surface area contributed by atoms with Gasteiger partial charge in [-0.2, -0.15) is 10.4 Å². The SMILES string of the molecule is CC(C)(O)[C@H](F)CNC(=O)c1cnc(-c2ccc3cc(C#N)cnn23)cc1N[C@H]1[C@@H]2COC[C@@H]21. The van der Waals surface area contributed by atoms with Crippen LogP contribution in [-0.2, 0) is 4.74 Å². The van der Waals surface area contributed by atoms with E-state index in [4.69, 9.17) is 10.00 Å². The first kappa shape index (κ1) is 22.3. The van der Waals surface area contributed by atoms with Crippen molar-refractivity contribution in [1.82, 2.24) is 19.9 Å².